The molecule has 1 aromatic heterocycles. The lowest BCUT2D eigenvalue weighted by atomic mass is 10.1. The average molecular weight is 244 g/mol. The number of hydrogen-bond acceptors (Lipinski definition) is 4. The lowest BCUT2D eigenvalue weighted by molar-refractivity contribution is 0.146. The summed E-state index contributed by atoms with van der Waals surface area (Å²) in [6.07, 6.45) is 1.63. The van der Waals surface area contributed by atoms with E-state index in [1.54, 1.807) is 0 Å². The second kappa shape index (κ2) is 3.59. The molecular weight excluding hydrogens is 234 g/mol. The van der Waals surface area contributed by atoms with Crippen molar-refractivity contribution in [3.8, 4) is 0 Å². The SMILES string of the molecule is Nc1nc(Br)nc2c1CCOCC2. The molecule has 0 fully saturated rings. The van der Waals surface area contributed by atoms with E-state index in [9.17, 15) is 0 Å². The molecule has 70 valence electrons. The molecule has 0 atom stereocenters. The molecule has 2 rings (SSSR count). The highest BCUT2D eigenvalue weighted by atomic mass is 79.9. The van der Waals surface area contributed by atoms with Crippen molar-refractivity contribution in [1.82, 2.24) is 9.97 Å². The highest BCUT2D eigenvalue weighted by Crippen LogP contribution is 2.19. The molecule has 0 aromatic carbocycles. The van der Waals surface area contributed by atoms with E-state index in [-0.39, 0.29) is 0 Å². The van der Waals surface area contributed by atoms with Gasteiger partial charge in [0.1, 0.15) is 5.82 Å². The van der Waals surface area contributed by atoms with Crippen molar-refractivity contribution in [1.29, 1.82) is 0 Å². The van der Waals surface area contributed by atoms with Gasteiger partial charge in [0.2, 0.25) is 0 Å². The molecule has 2 heterocycles. The zero-order valence-corrected chi connectivity index (χ0v) is 8.67. The van der Waals surface area contributed by atoms with E-state index in [1.165, 1.54) is 0 Å². The maximum atomic E-state index is 5.77. The largest absolute Gasteiger partial charge is 0.383 e. The summed E-state index contributed by atoms with van der Waals surface area (Å²) in [5.74, 6) is 0.572. The molecule has 4 nitrogen and oxygen atoms in total. The standard InChI is InChI=1S/C8H10BrN3O/c9-8-11-6-2-4-13-3-1-5(6)7(10)12-8/h1-4H2,(H2,10,11,12). The molecule has 0 radical (unpaired) electrons. The number of aromatic nitrogens is 2. The Hall–Kier alpha value is -0.680. The number of fused-ring (bicyclic) bond motifs is 1. The molecule has 2 N–H and O–H groups in total. The number of nitrogen functional groups attached to an aromatic ring is 1. The molecular formula is C8H10BrN3O. The summed E-state index contributed by atoms with van der Waals surface area (Å²) >= 11 is 3.22. The van der Waals surface area contributed by atoms with Crippen LogP contribution in [0.5, 0.6) is 0 Å². The van der Waals surface area contributed by atoms with Crippen molar-refractivity contribution in [2.24, 2.45) is 0 Å². The van der Waals surface area contributed by atoms with E-state index in [2.05, 4.69) is 25.9 Å². The maximum Gasteiger partial charge on any atom is 0.198 e. The first-order valence-corrected chi connectivity index (χ1v) is 4.95. The Morgan fingerprint density at radius 1 is 1.23 bits per heavy atom. The zero-order valence-electron chi connectivity index (χ0n) is 7.09. The predicted octanol–water partition coefficient (Wildman–Crippen LogP) is 0.936. The van der Waals surface area contributed by atoms with Crippen LogP contribution in [0, 0.1) is 0 Å². The molecule has 1 aliphatic heterocycles. The summed E-state index contributed by atoms with van der Waals surface area (Å²) in [6, 6.07) is 0. The minimum atomic E-state index is 0.561. The fourth-order valence-electron chi connectivity index (χ4n) is 1.44. The highest BCUT2D eigenvalue weighted by Gasteiger charge is 2.13. The second-order valence-corrected chi connectivity index (χ2v) is 3.62. The minimum absolute atomic E-state index is 0.561. The lowest BCUT2D eigenvalue weighted by Crippen LogP contribution is -2.06. The van der Waals surface area contributed by atoms with Gasteiger partial charge in [0, 0.05) is 18.4 Å². The van der Waals surface area contributed by atoms with E-state index < -0.39 is 0 Å². The van der Waals surface area contributed by atoms with E-state index >= 15 is 0 Å². The van der Waals surface area contributed by atoms with Gasteiger partial charge < -0.3 is 10.5 Å². The van der Waals surface area contributed by atoms with Crippen molar-refractivity contribution >= 4 is 21.7 Å². The molecule has 0 aliphatic carbocycles. The third-order valence-corrected chi connectivity index (χ3v) is 2.43. The second-order valence-electron chi connectivity index (χ2n) is 2.92. The highest BCUT2D eigenvalue weighted by molar-refractivity contribution is 9.10. The molecule has 1 aliphatic rings. The summed E-state index contributed by atoms with van der Waals surface area (Å²) in [6.45, 7) is 1.43. The molecule has 5 heteroatoms. The fourth-order valence-corrected chi connectivity index (χ4v) is 1.85. The van der Waals surface area contributed by atoms with Crippen molar-refractivity contribution in [2.75, 3.05) is 18.9 Å². The summed E-state index contributed by atoms with van der Waals surface area (Å²) in [5.41, 5.74) is 7.83. The number of halogens is 1. The van der Waals surface area contributed by atoms with Crippen LogP contribution in [0.2, 0.25) is 0 Å². The number of ether oxygens (including phenoxy) is 1. The van der Waals surface area contributed by atoms with E-state index in [0.29, 0.717) is 17.2 Å². The van der Waals surface area contributed by atoms with Crippen LogP contribution >= 0.6 is 15.9 Å². The summed E-state index contributed by atoms with van der Waals surface area (Å²) < 4.78 is 5.89. The number of anilines is 1. The van der Waals surface area contributed by atoms with Gasteiger partial charge >= 0.3 is 0 Å². The van der Waals surface area contributed by atoms with Gasteiger partial charge in [-0.1, -0.05) is 0 Å². The number of hydrogen-bond donors (Lipinski definition) is 1. The van der Waals surface area contributed by atoms with Crippen LogP contribution in [-0.2, 0) is 17.6 Å². The van der Waals surface area contributed by atoms with Gasteiger partial charge in [-0.05, 0) is 15.9 Å². The first kappa shape index (κ1) is 8.90. The summed E-state index contributed by atoms with van der Waals surface area (Å²) in [4.78, 5) is 8.34. The Morgan fingerprint density at radius 2 is 2.00 bits per heavy atom. The van der Waals surface area contributed by atoms with Crippen molar-refractivity contribution < 1.29 is 4.74 Å². The molecule has 0 unspecified atom stereocenters. The molecule has 0 spiro atoms. The van der Waals surface area contributed by atoms with Gasteiger partial charge in [0.25, 0.3) is 0 Å². The molecule has 0 bridgehead atoms. The Morgan fingerprint density at radius 3 is 2.85 bits per heavy atom. The third-order valence-electron chi connectivity index (χ3n) is 2.08. The zero-order chi connectivity index (χ0) is 9.26. The summed E-state index contributed by atoms with van der Waals surface area (Å²) in [7, 11) is 0. The van der Waals surface area contributed by atoms with Crippen molar-refractivity contribution in [3.05, 3.63) is 16.0 Å². The smallest absolute Gasteiger partial charge is 0.198 e. The van der Waals surface area contributed by atoms with Crippen LogP contribution < -0.4 is 5.73 Å². The maximum absolute atomic E-state index is 5.77. The van der Waals surface area contributed by atoms with Crippen LogP contribution in [-0.4, -0.2) is 23.2 Å². The van der Waals surface area contributed by atoms with Crippen LogP contribution in [0.25, 0.3) is 0 Å². The molecule has 0 saturated carbocycles. The topological polar surface area (TPSA) is 61.0 Å². The number of nitrogens with zero attached hydrogens (tertiary/aromatic N) is 2. The van der Waals surface area contributed by atoms with Crippen molar-refractivity contribution in [3.63, 3.8) is 0 Å². The van der Waals surface area contributed by atoms with Gasteiger partial charge in [0.15, 0.2) is 4.73 Å². The predicted molar refractivity (Wildman–Crippen MR) is 52.4 cm³/mol. The average Bonchev–Trinajstić information content (AvgIpc) is 2.28. The summed E-state index contributed by atoms with van der Waals surface area (Å²) in [5, 5.41) is 0. The van der Waals surface area contributed by atoms with Gasteiger partial charge in [-0.25, -0.2) is 9.97 Å². The Bertz CT molecular complexity index is 329. The first-order chi connectivity index (χ1) is 6.27. The van der Waals surface area contributed by atoms with Crippen LogP contribution in [0.3, 0.4) is 0 Å². The van der Waals surface area contributed by atoms with Crippen LogP contribution in [0.1, 0.15) is 11.3 Å². The Balaban J connectivity index is 2.47. The van der Waals surface area contributed by atoms with E-state index in [0.717, 1.165) is 30.7 Å². The monoisotopic (exact) mass is 243 g/mol. The van der Waals surface area contributed by atoms with Gasteiger partial charge in [-0.2, -0.15) is 0 Å². The minimum Gasteiger partial charge on any atom is -0.383 e. The van der Waals surface area contributed by atoms with Gasteiger partial charge in [-0.3, -0.25) is 0 Å². The van der Waals surface area contributed by atoms with Crippen LogP contribution in [0.15, 0.2) is 4.73 Å². The number of nitrogens with two attached hydrogens (primary N) is 1. The van der Waals surface area contributed by atoms with Gasteiger partial charge in [-0.15, -0.1) is 0 Å². The van der Waals surface area contributed by atoms with Crippen molar-refractivity contribution in [2.45, 2.75) is 12.8 Å². The first-order valence-electron chi connectivity index (χ1n) is 4.16. The normalized spacial score (nSPS) is 16.4. The van der Waals surface area contributed by atoms with E-state index in [4.69, 9.17) is 10.5 Å². The molecule has 0 saturated heterocycles. The molecule has 1 aromatic rings. The molecule has 0 amide bonds. The Labute approximate surface area is 84.6 Å². The quantitative estimate of drug-likeness (QED) is 0.690. The number of rotatable bonds is 0. The lowest BCUT2D eigenvalue weighted by Gasteiger charge is -2.06. The van der Waals surface area contributed by atoms with Gasteiger partial charge in [0.05, 0.1) is 18.9 Å². The fraction of sp³-hybridized carbons (Fsp3) is 0.500. The Kier molecular flexibility index (Phi) is 2.46. The van der Waals surface area contributed by atoms with Crippen LogP contribution in [0.4, 0.5) is 5.82 Å². The van der Waals surface area contributed by atoms with E-state index in [1.807, 2.05) is 0 Å². The third kappa shape index (κ3) is 1.81. The molecule has 13 heavy (non-hydrogen) atoms.